The molecule has 0 fully saturated rings. The monoisotopic (exact) mass is 281 g/mol. The van der Waals surface area contributed by atoms with Crippen molar-refractivity contribution < 1.29 is 5.11 Å². The number of aliphatic hydroxyl groups excluding tert-OH is 1. The van der Waals surface area contributed by atoms with Crippen molar-refractivity contribution in [1.29, 1.82) is 0 Å². The molecule has 1 unspecified atom stereocenters. The van der Waals surface area contributed by atoms with E-state index in [0.717, 1.165) is 17.9 Å². The van der Waals surface area contributed by atoms with Crippen LogP contribution in [-0.4, -0.2) is 29.5 Å². The summed E-state index contributed by atoms with van der Waals surface area (Å²) in [6, 6.07) is 7.39. The average molecular weight is 281 g/mol. The van der Waals surface area contributed by atoms with Crippen LogP contribution in [0.25, 0.3) is 0 Å². The Morgan fingerprint density at radius 1 is 1.16 bits per heavy atom. The van der Waals surface area contributed by atoms with Gasteiger partial charge in [-0.3, -0.25) is 0 Å². The number of hydrogen-bond donors (Lipinski definition) is 2. The summed E-state index contributed by atoms with van der Waals surface area (Å²) in [7, 11) is 0. The van der Waals surface area contributed by atoms with Crippen molar-refractivity contribution >= 4 is 11.8 Å². The van der Waals surface area contributed by atoms with E-state index in [1.54, 1.807) is 0 Å². The maximum Gasteiger partial charge on any atom is 0.0585 e. The molecule has 0 amide bonds. The Labute approximate surface area is 122 Å². The van der Waals surface area contributed by atoms with Gasteiger partial charge in [-0.1, -0.05) is 43.2 Å². The van der Waals surface area contributed by atoms with E-state index in [9.17, 15) is 5.11 Å². The molecule has 2 N–H and O–H groups in total. The summed E-state index contributed by atoms with van der Waals surface area (Å²) < 4.78 is 0. The Morgan fingerprint density at radius 2 is 1.79 bits per heavy atom. The smallest absolute Gasteiger partial charge is 0.0585 e. The van der Waals surface area contributed by atoms with Gasteiger partial charge in [0.05, 0.1) is 6.61 Å². The molecule has 0 aliphatic carbocycles. The Kier molecular flexibility index (Phi) is 7.51. The second-order valence-corrected chi connectivity index (χ2v) is 6.64. The summed E-state index contributed by atoms with van der Waals surface area (Å²) in [5, 5.41) is 12.7. The molecule has 1 rings (SSSR count). The van der Waals surface area contributed by atoms with Crippen molar-refractivity contribution in [3.8, 4) is 0 Å². The molecular formula is C16H27NOS. The van der Waals surface area contributed by atoms with Crippen LogP contribution >= 0.6 is 11.8 Å². The third-order valence-electron chi connectivity index (χ3n) is 2.95. The van der Waals surface area contributed by atoms with Gasteiger partial charge in [-0.15, -0.1) is 0 Å². The van der Waals surface area contributed by atoms with E-state index in [2.05, 4.69) is 51.2 Å². The number of nitrogens with one attached hydrogen (secondary N) is 1. The molecule has 0 radical (unpaired) electrons. The summed E-state index contributed by atoms with van der Waals surface area (Å²) in [5.74, 6) is 2.14. The Morgan fingerprint density at radius 3 is 2.32 bits per heavy atom. The Balaban J connectivity index is 2.29. The molecule has 0 aliphatic rings. The molecule has 0 bridgehead atoms. The van der Waals surface area contributed by atoms with Gasteiger partial charge in [-0.05, 0) is 31.6 Å². The molecular weight excluding hydrogens is 254 g/mol. The molecule has 19 heavy (non-hydrogen) atoms. The summed E-state index contributed by atoms with van der Waals surface area (Å²) in [4.78, 5) is 0. The van der Waals surface area contributed by atoms with E-state index in [1.165, 1.54) is 16.7 Å². The van der Waals surface area contributed by atoms with Crippen molar-refractivity contribution in [1.82, 2.24) is 5.32 Å². The lowest BCUT2D eigenvalue weighted by atomic mass is 10.1. The van der Waals surface area contributed by atoms with Crippen molar-refractivity contribution in [3.63, 3.8) is 0 Å². The van der Waals surface area contributed by atoms with Crippen LogP contribution in [-0.2, 0) is 5.75 Å². The van der Waals surface area contributed by atoms with Gasteiger partial charge in [0.15, 0.2) is 0 Å². The lowest BCUT2D eigenvalue weighted by Crippen LogP contribution is -2.37. The zero-order valence-electron chi connectivity index (χ0n) is 12.6. The third kappa shape index (κ3) is 7.00. The number of aliphatic hydroxyl groups is 1. The highest BCUT2D eigenvalue weighted by molar-refractivity contribution is 7.98. The van der Waals surface area contributed by atoms with Crippen molar-refractivity contribution in [2.24, 2.45) is 0 Å². The van der Waals surface area contributed by atoms with E-state index in [1.807, 2.05) is 11.8 Å². The van der Waals surface area contributed by atoms with E-state index < -0.39 is 0 Å². The minimum atomic E-state index is 0.224. The van der Waals surface area contributed by atoms with Crippen molar-refractivity contribution in [2.45, 2.75) is 52.0 Å². The molecule has 0 saturated heterocycles. The molecule has 3 heteroatoms. The lowest BCUT2D eigenvalue weighted by molar-refractivity contribution is 0.232. The van der Waals surface area contributed by atoms with E-state index in [4.69, 9.17) is 0 Å². The van der Waals surface area contributed by atoms with Crippen LogP contribution in [0.5, 0.6) is 0 Å². The highest BCUT2D eigenvalue weighted by Gasteiger charge is 2.08. The third-order valence-corrected chi connectivity index (χ3v) is 4.01. The molecule has 0 saturated carbocycles. The predicted octanol–water partition coefficient (Wildman–Crippen LogP) is 3.29. The van der Waals surface area contributed by atoms with Gasteiger partial charge in [-0.25, -0.2) is 0 Å². The number of aryl methyl sites for hydroxylation is 2. The quantitative estimate of drug-likeness (QED) is 0.717. The summed E-state index contributed by atoms with van der Waals surface area (Å²) >= 11 is 1.94. The first-order chi connectivity index (χ1) is 9.01. The standard InChI is InChI=1S/C16H27NOS/c1-12(2)17-16(10-18)5-6-19-11-15-8-13(3)7-14(4)9-15/h7-9,12,16-18H,5-6,10-11H2,1-4H3. The van der Waals surface area contributed by atoms with Crippen LogP contribution in [0.1, 0.15) is 37.0 Å². The van der Waals surface area contributed by atoms with Crippen LogP contribution in [0.15, 0.2) is 18.2 Å². The molecule has 2 nitrogen and oxygen atoms in total. The highest BCUT2D eigenvalue weighted by atomic mass is 32.2. The summed E-state index contributed by atoms with van der Waals surface area (Å²) in [5.41, 5.74) is 4.08. The number of rotatable bonds is 8. The van der Waals surface area contributed by atoms with Crippen molar-refractivity contribution in [2.75, 3.05) is 12.4 Å². The minimum Gasteiger partial charge on any atom is -0.395 e. The van der Waals surface area contributed by atoms with Crippen LogP contribution in [0.3, 0.4) is 0 Å². The SMILES string of the molecule is Cc1cc(C)cc(CSCCC(CO)NC(C)C)c1. The van der Waals surface area contributed by atoms with Gasteiger partial charge >= 0.3 is 0 Å². The van der Waals surface area contributed by atoms with E-state index >= 15 is 0 Å². The van der Waals surface area contributed by atoms with Gasteiger partial charge in [0.1, 0.15) is 0 Å². The molecule has 0 aliphatic heterocycles. The first kappa shape index (κ1) is 16.5. The van der Waals surface area contributed by atoms with Gasteiger partial charge in [0.2, 0.25) is 0 Å². The highest BCUT2D eigenvalue weighted by Crippen LogP contribution is 2.17. The first-order valence-electron chi connectivity index (χ1n) is 7.03. The number of benzene rings is 1. The maximum absolute atomic E-state index is 9.29. The van der Waals surface area contributed by atoms with Crippen LogP contribution in [0, 0.1) is 13.8 Å². The van der Waals surface area contributed by atoms with E-state index in [-0.39, 0.29) is 12.6 Å². The minimum absolute atomic E-state index is 0.224. The maximum atomic E-state index is 9.29. The first-order valence-corrected chi connectivity index (χ1v) is 8.18. The fraction of sp³-hybridized carbons (Fsp3) is 0.625. The lowest BCUT2D eigenvalue weighted by Gasteiger charge is -2.18. The zero-order chi connectivity index (χ0) is 14.3. The van der Waals surface area contributed by atoms with Gasteiger partial charge < -0.3 is 10.4 Å². The van der Waals surface area contributed by atoms with Crippen LogP contribution in [0.2, 0.25) is 0 Å². The molecule has 108 valence electrons. The molecule has 0 heterocycles. The number of thioether (sulfide) groups is 1. The zero-order valence-corrected chi connectivity index (χ0v) is 13.4. The fourth-order valence-corrected chi connectivity index (χ4v) is 3.26. The number of hydrogen-bond acceptors (Lipinski definition) is 3. The Bertz CT molecular complexity index is 359. The van der Waals surface area contributed by atoms with Gasteiger partial charge in [0, 0.05) is 17.8 Å². The predicted molar refractivity (Wildman–Crippen MR) is 85.8 cm³/mol. The molecule has 1 aromatic carbocycles. The molecule has 0 spiro atoms. The van der Waals surface area contributed by atoms with Gasteiger partial charge in [0.25, 0.3) is 0 Å². The van der Waals surface area contributed by atoms with Crippen LogP contribution < -0.4 is 5.32 Å². The second kappa shape index (κ2) is 8.62. The molecule has 1 atom stereocenters. The van der Waals surface area contributed by atoms with Crippen LogP contribution in [0.4, 0.5) is 0 Å². The summed E-state index contributed by atoms with van der Waals surface area (Å²) in [6.45, 7) is 8.75. The normalized spacial score (nSPS) is 12.9. The van der Waals surface area contributed by atoms with E-state index in [0.29, 0.717) is 6.04 Å². The molecule has 1 aromatic rings. The summed E-state index contributed by atoms with van der Waals surface area (Å²) in [6.07, 6.45) is 1.02. The Hall–Kier alpha value is -0.510. The van der Waals surface area contributed by atoms with Crippen molar-refractivity contribution in [3.05, 3.63) is 34.9 Å². The molecule has 0 aromatic heterocycles. The largest absolute Gasteiger partial charge is 0.395 e. The van der Waals surface area contributed by atoms with Gasteiger partial charge in [-0.2, -0.15) is 11.8 Å². The average Bonchev–Trinajstić information content (AvgIpc) is 2.31. The topological polar surface area (TPSA) is 32.3 Å². The fourth-order valence-electron chi connectivity index (χ4n) is 2.27. The second-order valence-electron chi connectivity index (χ2n) is 5.54.